The number of methoxy groups -OCH3 is 4. The van der Waals surface area contributed by atoms with Gasteiger partial charge in [0.15, 0.2) is 11.5 Å². The molecule has 0 bridgehead atoms. The van der Waals surface area contributed by atoms with Crippen molar-refractivity contribution in [3.8, 4) is 23.0 Å². The summed E-state index contributed by atoms with van der Waals surface area (Å²) in [7, 11) is 5.28. The molecule has 1 amide bonds. The number of rotatable bonds is 6. The van der Waals surface area contributed by atoms with E-state index in [1.165, 1.54) is 32.3 Å². The zero-order valence-electron chi connectivity index (χ0n) is 21.6. The van der Waals surface area contributed by atoms with Gasteiger partial charge in [-0.05, 0) is 11.6 Å². The number of hydrogen-bond acceptors (Lipinski definition) is 7. The minimum atomic E-state index is -4.96. The molecule has 0 saturated heterocycles. The van der Waals surface area contributed by atoms with Gasteiger partial charge < -0.3 is 38.9 Å². The summed E-state index contributed by atoms with van der Waals surface area (Å²) >= 11 is 6.22. The number of nitrogens with zero attached hydrogens (tertiary/aromatic N) is 1. The van der Waals surface area contributed by atoms with Crippen molar-refractivity contribution in [2.45, 2.75) is 12.1 Å². The zero-order valence-corrected chi connectivity index (χ0v) is 22.3. The van der Waals surface area contributed by atoms with Crippen molar-refractivity contribution in [2.75, 3.05) is 45.8 Å². The topological polar surface area (TPSA) is 126 Å². The van der Waals surface area contributed by atoms with Crippen LogP contribution in [0.4, 0.5) is 18.9 Å². The molecule has 0 fully saturated rings. The van der Waals surface area contributed by atoms with Crippen LogP contribution in [-0.2, 0) is 10.9 Å². The zero-order chi connectivity index (χ0) is 29.1. The third-order valence-electron chi connectivity index (χ3n) is 6.94. The van der Waals surface area contributed by atoms with Crippen molar-refractivity contribution in [1.29, 1.82) is 0 Å². The minimum absolute atomic E-state index is 0.0253. The molecule has 10 nitrogen and oxygen atoms in total. The van der Waals surface area contributed by atoms with Crippen molar-refractivity contribution >= 4 is 51.0 Å². The summed E-state index contributed by atoms with van der Waals surface area (Å²) in [5, 5.41) is 11.1. The Balaban J connectivity index is 1.71. The van der Waals surface area contributed by atoms with E-state index < -0.39 is 41.0 Å². The lowest BCUT2D eigenvalue weighted by Gasteiger charge is -2.17. The molecule has 1 aliphatic rings. The number of carbonyl (C=O) groups is 2. The minimum Gasteiger partial charge on any atom is -0.506 e. The summed E-state index contributed by atoms with van der Waals surface area (Å²) in [6.07, 6.45) is -4.96. The number of H-pyrrole nitrogens is 2. The molecule has 2 aromatic carbocycles. The molecule has 1 atom stereocenters. The number of halogens is 4. The van der Waals surface area contributed by atoms with Crippen LogP contribution in [0.5, 0.6) is 23.0 Å². The van der Waals surface area contributed by atoms with Gasteiger partial charge in [-0.25, -0.2) is 4.79 Å². The van der Waals surface area contributed by atoms with E-state index in [-0.39, 0.29) is 40.3 Å². The first kappa shape index (κ1) is 27.3. The van der Waals surface area contributed by atoms with Crippen LogP contribution in [0.1, 0.15) is 38.0 Å². The molecule has 3 heterocycles. The van der Waals surface area contributed by atoms with Gasteiger partial charge in [-0.1, -0.05) is 0 Å². The first-order chi connectivity index (χ1) is 19.0. The van der Waals surface area contributed by atoms with Gasteiger partial charge in [-0.15, -0.1) is 11.6 Å². The second-order valence-corrected chi connectivity index (χ2v) is 9.31. The molecular formula is C26H23ClF3N3O7. The fraction of sp³-hybridized carbons (Fsp3) is 0.308. The number of carbonyl (C=O) groups excluding carboxylic acids is 2. The molecule has 4 aromatic rings. The van der Waals surface area contributed by atoms with Gasteiger partial charge in [-0.2, -0.15) is 13.2 Å². The van der Waals surface area contributed by atoms with Crippen molar-refractivity contribution in [1.82, 2.24) is 9.97 Å². The third kappa shape index (κ3) is 3.95. The van der Waals surface area contributed by atoms with Crippen molar-refractivity contribution in [3.63, 3.8) is 0 Å². The monoisotopic (exact) mass is 581 g/mol. The summed E-state index contributed by atoms with van der Waals surface area (Å²) in [6, 6.07) is 4.35. The summed E-state index contributed by atoms with van der Waals surface area (Å²) in [5.41, 5.74) is -1.55. The van der Waals surface area contributed by atoms with E-state index in [4.69, 9.17) is 25.8 Å². The molecular weight excluding hydrogens is 559 g/mol. The van der Waals surface area contributed by atoms with Gasteiger partial charge in [0.25, 0.3) is 5.91 Å². The first-order valence-electron chi connectivity index (χ1n) is 11.8. The number of amides is 1. The maximum absolute atomic E-state index is 13.9. The summed E-state index contributed by atoms with van der Waals surface area (Å²) in [5.74, 6) is -2.15. The van der Waals surface area contributed by atoms with Crippen LogP contribution in [0.2, 0.25) is 0 Å². The van der Waals surface area contributed by atoms with E-state index in [0.717, 1.165) is 7.11 Å². The van der Waals surface area contributed by atoms with E-state index >= 15 is 0 Å². The number of aromatic amines is 2. The summed E-state index contributed by atoms with van der Waals surface area (Å²) in [6.45, 7) is -0.0253. The van der Waals surface area contributed by atoms with Crippen LogP contribution < -0.4 is 19.1 Å². The van der Waals surface area contributed by atoms with E-state index in [0.29, 0.717) is 28.2 Å². The highest BCUT2D eigenvalue weighted by Crippen LogP contribution is 2.50. The quantitative estimate of drug-likeness (QED) is 0.212. The normalized spacial score (nSPS) is 15.0. The maximum atomic E-state index is 13.9. The Morgan fingerprint density at radius 1 is 1.07 bits per heavy atom. The lowest BCUT2D eigenvalue weighted by molar-refractivity contribution is -0.141. The predicted octanol–water partition coefficient (Wildman–Crippen LogP) is 5.17. The molecule has 40 heavy (non-hydrogen) atoms. The number of esters is 1. The van der Waals surface area contributed by atoms with Gasteiger partial charge in [-0.3, -0.25) is 4.79 Å². The largest absolute Gasteiger partial charge is 0.506 e. The number of hydrogen-bond donors (Lipinski definition) is 3. The number of aromatic hydroxyl groups is 1. The highest BCUT2D eigenvalue weighted by atomic mass is 35.5. The van der Waals surface area contributed by atoms with E-state index in [9.17, 15) is 27.9 Å². The molecule has 14 heteroatoms. The molecule has 0 saturated carbocycles. The smallest absolute Gasteiger partial charge is 0.432 e. The molecule has 1 unspecified atom stereocenters. The van der Waals surface area contributed by atoms with Crippen molar-refractivity contribution < 1.29 is 46.8 Å². The highest BCUT2D eigenvalue weighted by Gasteiger charge is 2.43. The molecule has 2 aromatic heterocycles. The molecule has 212 valence electrons. The standard InChI is InChI=1S/C26H23ClF3N3O7/c1-37-16-6-12-11(21(38-2)22(16)39-3)5-13(31-12)24(35)33-9-10(8-27)17-14(33)7-15(34)20-18(17)19(25(36)40-4)23(32-20)26(28,29)30/h5-7,10,31-32,34H,8-9H2,1-4H3. The Labute approximate surface area is 229 Å². The van der Waals surface area contributed by atoms with E-state index in [2.05, 4.69) is 14.7 Å². The molecule has 0 spiro atoms. The Morgan fingerprint density at radius 2 is 1.77 bits per heavy atom. The number of phenolic OH excluding ortho intramolecular Hbond substituents is 1. The average Bonchev–Trinajstić information content (AvgIpc) is 3.64. The van der Waals surface area contributed by atoms with Crippen molar-refractivity contribution in [2.24, 2.45) is 0 Å². The second-order valence-electron chi connectivity index (χ2n) is 9.00. The van der Waals surface area contributed by atoms with E-state index in [1.54, 1.807) is 12.1 Å². The molecule has 1 aliphatic heterocycles. The van der Waals surface area contributed by atoms with E-state index in [1.807, 2.05) is 0 Å². The SMILES string of the molecule is COC(=O)c1c(C(F)(F)F)[nH]c2c(O)cc3c(c12)C(CCl)CN3C(=O)c1cc2c(OC)c(OC)c(OC)cc2[nH]1. The van der Waals surface area contributed by atoms with Crippen LogP contribution in [0.25, 0.3) is 21.8 Å². The van der Waals surface area contributed by atoms with Gasteiger partial charge in [0.2, 0.25) is 5.75 Å². The van der Waals surface area contributed by atoms with Gasteiger partial charge in [0, 0.05) is 41.2 Å². The maximum Gasteiger partial charge on any atom is 0.432 e. The van der Waals surface area contributed by atoms with Crippen LogP contribution in [0, 0.1) is 0 Å². The molecule has 0 aliphatic carbocycles. The number of alkyl halides is 4. The number of aromatic nitrogens is 2. The number of anilines is 1. The lowest BCUT2D eigenvalue weighted by Crippen LogP contribution is -2.30. The molecule has 0 radical (unpaired) electrons. The highest BCUT2D eigenvalue weighted by molar-refractivity contribution is 6.20. The second kappa shape index (κ2) is 9.73. The number of phenols is 1. The van der Waals surface area contributed by atoms with Crippen LogP contribution in [-0.4, -0.2) is 67.8 Å². The van der Waals surface area contributed by atoms with Crippen molar-refractivity contribution in [3.05, 3.63) is 40.7 Å². The van der Waals surface area contributed by atoms with Crippen LogP contribution in [0.3, 0.4) is 0 Å². The van der Waals surface area contributed by atoms with Gasteiger partial charge in [0.05, 0.1) is 50.7 Å². The lowest BCUT2D eigenvalue weighted by atomic mass is 9.95. The number of benzene rings is 2. The first-order valence-corrected chi connectivity index (χ1v) is 12.3. The summed E-state index contributed by atoms with van der Waals surface area (Å²) in [4.78, 5) is 32.8. The summed E-state index contributed by atoms with van der Waals surface area (Å²) < 4.78 is 62.6. The molecule has 3 N–H and O–H groups in total. The van der Waals surface area contributed by atoms with Gasteiger partial charge in [0.1, 0.15) is 17.1 Å². The number of nitrogens with one attached hydrogen (secondary N) is 2. The average molecular weight is 582 g/mol. The Morgan fingerprint density at radius 3 is 2.35 bits per heavy atom. The van der Waals surface area contributed by atoms with Crippen LogP contribution >= 0.6 is 11.6 Å². The van der Waals surface area contributed by atoms with Gasteiger partial charge >= 0.3 is 12.1 Å². The third-order valence-corrected chi connectivity index (χ3v) is 7.31. The van der Waals surface area contributed by atoms with Crippen LogP contribution in [0.15, 0.2) is 18.2 Å². The fourth-order valence-corrected chi connectivity index (χ4v) is 5.52. The number of ether oxygens (including phenoxy) is 4. The molecule has 5 rings (SSSR count). The fourth-order valence-electron chi connectivity index (χ4n) is 5.26. The Hall–Kier alpha value is -4.26. The Bertz CT molecular complexity index is 1680. The predicted molar refractivity (Wildman–Crippen MR) is 139 cm³/mol. The number of fused-ring (bicyclic) bond motifs is 4. The Kier molecular flexibility index (Phi) is 6.65.